The van der Waals surface area contributed by atoms with Gasteiger partial charge in [0.25, 0.3) is 0 Å². The molecule has 1 aliphatic rings. The molecule has 1 fully saturated rings. The molecule has 0 aromatic heterocycles. The molecule has 1 aromatic carbocycles. The Labute approximate surface area is 105 Å². The molecule has 0 atom stereocenters. The van der Waals surface area contributed by atoms with Crippen molar-refractivity contribution < 1.29 is 9.18 Å². The number of hydrogen-bond donors (Lipinski definition) is 0. The Morgan fingerprint density at radius 1 is 1.33 bits per heavy atom. The number of rotatable bonds is 1. The summed E-state index contributed by atoms with van der Waals surface area (Å²) >= 11 is 0. The third-order valence-electron chi connectivity index (χ3n) is 3.15. The molecule has 0 N–H and O–H groups in total. The van der Waals surface area contributed by atoms with Crippen molar-refractivity contribution in [3.05, 3.63) is 29.6 Å². The summed E-state index contributed by atoms with van der Waals surface area (Å²) in [7, 11) is 0. The molecule has 0 spiro atoms. The van der Waals surface area contributed by atoms with E-state index in [2.05, 4.69) is 0 Å². The van der Waals surface area contributed by atoms with Gasteiger partial charge in [-0.3, -0.25) is 4.79 Å². The fourth-order valence-corrected chi connectivity index (χ4v) is 2.17. The first-order valence-corrected chi connectivity index (χ1v) is 5.82. The molecule has 1 aliphatic heterocycles. The Kier molecular flexibility index (Phi) is 3.47. The quantitative estimate of drug-likeness (QED) is 0.753. The third-order valence-corrected chi connectivity index (χ3v) is 3.15. The van der Waals surface area contributed by atoms with E-state index in [9.17, 15) is 9.18 Å². The first-order chi connectivity index (χ1) is 8.63. The Hall–Kier alpha value is -2.09. The lowest BCUT2D eigenvalue weighted by molar-refractivity contribution is -0.129. The number of anilines is 1. The zero-order valence-corrected chi connectivity index (χ0v) is 10.2. The number of carbonyl (C=O) groups excluding carboxylic acids is 1. The number of amides is 1. The number of halogens is 1. The van der Waals surface area contributed by atoms with Crippen LogP contribution in [-0.4, -0.2) is 37.0 Å². The highest BCUT2D eigenvalue weighted by Gasteiger charge is 2.22. The summed E-state index contributed by atoms with van der Waals surface area (Å²) in [5.74, 6) is -0.353. The van der Waals surface area contributed by atoms with E-state index in [0.29, 0.717) is 37.4 Å². The van der Waals surface area contributed by atoms with Gasteiger partial charge in [0.2, 0.25) is 5.91 Å². The van der Waals surface area contributed by atoms with Crippen LogP contribution in [-0.2, 0) is 4.79 Å². The standard InChI is InChI=1S/C13H14FN3O/c1-10(18)16-5-7-17(8-6-16)13-11(9-15)3-2-4-12(13)14/h2-4H,5-8H2,1H3. The second-order valence-corrected chi connectivity index (χ2v) is 4.24. The first kappa shape index (κ1) is 12.4. The minimum Gasteiger partial charge on any atom is -0.365 e. The van der Waals surface area contributed by atoms with E-state index in [-0.39, 0.29) is 11.7 Å². The SMILES string of the molecule is CC(=O)N1CCN(c2c(F)cccc2C#N)CC1. The molecule has 2 rings (SSSR count). The molecular formula is C13H14FN3O. The van der Waals surface area contributed by atoms with Gasteiger partial charge in [-0.2, -0.15) is 5.26 Å². The number of nitrogens with zero attached hydrogens (tertiary/aromatic N) is 3. The van der Waals surface area contributed by atoms with Crippen LogP contribution in [0.1, 0.15) is 12.5 Å². The van der Waals surface area contributed by atoms with Crippen LogP contribution in [0.5, 0.6) is 0 Å². The molecule has 1 amide bonds. The van der Waals surface area contributed by atoms with Gasteiger partial charge >= 0.3 is 0 Å². The molecule has 1 heterocycles. The second kappa shape index (κ2) is 5.05. The van der Waals surface area contributed by atoms with Gasteiger partial charge in [-0.05, 0) is 12.1 Å². The van der Waals surface area contributed by atoms with Crippen LogP contribution >= 0.6 is 0 Å². The Morgan fingerprint density at radius 3 is 2.56 bits per heavy atom. The largest absolute Gasteiger partial charge is 0.365 e. The zero-order chi connectivity index (χ0) is 13.1. The number of piperazine rings is 1. The van der Waals surface area contributed by atoms with Gasteiger partial charge in [0.05, 0.1) is 11.3 Å². The highest BCUT2D eigenvalue weighted by molar-refractivity contribution is 5.73. The summed E-state index contributed by atoms with van der Waals surface area (Å²) in [6.07, 6.45) is 0. The molecule has 18 heavy (non-hydrogen) atoms. The van der Waals surface area contributed by atoms with Crippen molar-refractivity contribution in [3.63, 3.8) is 0 Å². The summed E-state index contributed by atoms with van der Waals surface area (Å²) in [5.41, 5.74) is 0.689. The van der Waals surface area contributed by atoms with Gasteiger partial charge in [0.1, 0.15) is 11.9 Å². The van der Waals surface area contributed by atoms with E-state index in [1.54, 1.807) is 11.0 Å². The fraction of sp³-hybridized carbons (Fsp3) is 0.385. The molecule has 0 bridgehead atoms. The molecule has 4 nitrogen and oxygen atoms in total. The van der Waals surface area contributed by atoms with Gasteiger partial charge < -0.3 is 9.80 Å². The molecular weight excluding hydrogens is 233 g/mol. The van der Waals surface area contributed by atoms with Crippen LogP contribution in [0.15, 0.2) is 18.2 Å². The van der Waals surface area contributed by atoms with E-state index in [1.807, 2.05) is 11.0 Å². The molecule has 0 radical (unpaired) electrons. The Morgan fingerprint density at radius 2 is 2.00 bits per heavy atom. The summed E-state index contributed by atoms with van der Waals surface area (Å²) in [5, 5.41) is 9.01. The molecule has 0 unspecified atom stereocenters. The van der Waals surface area contributed by atoms with Crippen molar-refractivity contribution in [3.8, 4) is 6.07 Å². The van der Waals surface area contributed by atoms with Crippen molar-refractivity contribution in [1.82, 2.24) is 4.90 Å². The molecule has 94 valence electrons. The van der Waals surface area contributed by atoms with Crippen molar-refractivity contribution in [1.29, 1.82) is 5.26 Å². The maximum atomic E-state index is 13.8. The van der Waals surface area contributed by atoms with Crippen molar-refractivity contribution >= 4 is 11.6 Å². The van der Waals surface area contributed by atoms with Crippen LogP contribution in [0.3, 0.4) is 0 Å². The van der Waals surface area contributed by atoms with Crippen LogP contribution in [0.25, 0.3) is 0 Å². The highest BCUT2D eigenvalue weighted by Crippen LogP contribution is 2.25. The monoisotopic (exact) mass is 247 g/mol. The van der Waals surface area contributed by atoms with Gasteiger partial charge in [-0.1, -0.05) is 6.07 Å². The minimum absolute atomic E-state index is 0.0312. The molecule has 0 saturated carbocycles. The third kappa shape index (κ3) is 2.28. The van der Waals surface area contributed by atoms with Crippen LogP contribution in [0.2, 0.25) is 0 Å². The van der Waals surface area contributed by atoms with Crippen LogP contribution < -0.4 is 4.90 Å². The summed E-state index contributed by atoms with van der Waals surface area (Å²) in [6.45, 7) is 3.76. The van der Waals surface area contributed by atoms with Crippen molar-refractivity contribution in [2.75, 3.05) is 31.1 Å². The number of benzene rings is 1. The summed E-state index contributed by atoms with van der Waals surface area (Å²) < 4.78 is 13.8. The number of hydrogen-bond acceptors (Lipinski definition) is 3. The highest BCUT2D eigenvalue weighted by atomic mass is 19.1. The van der Waals surface area contributed by atoms with Gasteiger partial charge in [-0.15, -0.1) is 0 Å². The first-order valence-electron chi connectivity index (χ1n) is 5.82. The van der Waals surface area contributed by atoms with Crippen LogP contribution in [0, 0.1) is 17.1 Å². The fourth-order valence-electron chi connectivity index (χ4n) is 2.17. The van der Waals surface area contributed by atoms with E-state index in [4.69, 9.17) is 5.26 Å². The van der Waals surface area contributed by atoms with Gasteiger partial charge in [0.15, 0.2) is 0 Å². The average molecular weight is 247 g/mol. The molecule has 1 saturated heterocycles. The van der Waals surface area contributed by atoms with Crippen molar-refractivity contribution in [2.45, 2.75) is 6.92 Å². The lowest BCUT2D eigenvalue weighted by Gasteiger charge is -2.36. The minimum atomic E-state index is -0.384. The predicted molar refractivity (Wildman–Crippen MR) is 65.6 cm³/mol. The van der Waals surface area contributed by atoms with E-state index in [1.165, 1.54) is 19.1 Å². The zero-order valence-electron chi connectivity index (χ0n) is 10.2. The topological polar surface area (TPSA) is 47.3 Å². The average Bonchev–Trinajstić information content (AvgIpc) is 2.38. The van der Waals surface area contributed by atoms with Crippen LogP contribution in [0.4, 0.5) is 10.1 Å². The maximum absolute atomic E-state index is 13.8. The number of carbonyl (C=O) groups is 1. The van der Waals surface area contributed by atoms with E-state index >= 15 is 0 Å². The van der Waals surface area contributed by atoms with Crippen molar-refractivity contribution in [2.24, 2.45) is 0 Å². The second-order valence-electron chi connectivity index (χ2n) is 4.24. The maximum Gasteiger partial charge on any atom is 0.219 e. The lowest BCUT2D eigenvalue weighted by atomic mass is 10.1. The number of para-hydroxylation sites is 1. The van der Waals surface area contributed by atoms with E-state index < -0.39 is 0 Å². The molecule has 0 aliphatic carbocycles. The smallest absolute Gasteiger partial charge is 0.219 e. The normalized spacial score (nSPS) is 15.4. The summed E-state index contributed by atoms with van der Waals surface area (Å²) in [6, 6.07) is 6.50. The summed E-state index contributed by atoms with van der Waals surface area (Å²) in [4.78, 5) is 14.8. The Bertz CT molecular complexity index is 501. The predicted octanol–water partition coefficient (Wildman–Crippen LogP) is 1.37. The Balaban J connectivity index is 2.20. The van der Waals surface area contributed by atoms with E-state index in [0.717, 1.165) is 0 Å². The molecule has 1 aromatic rings. The lowest BCUT2D eigenvalue weighted by Crippen LogP contribution is -2.48. The van der Waals surface area contributed by atoms with Gasteiger partial charge in [-0.25, -0.2) is 4.39 Å². The number of nitriles is 1. The van der Waals surface area contributed by atoms with Gasteiger partial charge in [0, 0.05) is 33.1 Å². The molecule has 5 heteroatoms.